The van der Waals surface area contributed by atoms with Crippen molar-refractivity contribution in [3.63, 3.8) is 0 Å². The van der Waals surface area contributed by atoms with Crippen LogP contribution in [0.15, 0.2) is 22.7 Å². The molecule has 0 spiro atoms. The second kappa shape index (κ2) is 8.63. The Balaban J connectivity index is 1.66. The quantitative estimate of drug-likeness (QED) is 0.642. The summed E-state index contributed by atoms with van der Waals surface area (Å²) in [6, 6.07) is 7.07. The number of nitrogens with zero attached hydrogens (tertiary/aromatic N) is 3. The molecule has 2 aliphatic heterocycles. The van der Waals surface area contributed by atoms with Crippen LogP contribution in [0.2, 0.25) is 0 Å². The molecule has 3 rings (SSSR count). The lowest BCUT2D eigenvalue weighted by Gasteiger charge is -2.34. The summed E-state index contributed by atoms with van der Waals surface area (Å²) in [5.41, 5.74) is 0.717. The fourth-order valence-electron chi connectivity index (χ4n) is 3.50. The minimum Gasteiger partial charge on any atom is -0.381 e. The van der Waals surface area contributed by atoms with Crippen molar-refractivity contribution in [3.05, 3.63) is 33.8 Å². The van der Waals surface area contributed by atoms with Gasteiger partial charge in [0.25, 0.3) is 11.8 Å². The van der Waals surface area contributed by atoms with Crippen LogP contribution in [0.1, 0.15) is 46.4 Å². The Morgan fingerprint density at radius 1 is 1.26 bits per heavy atom. The number of rotatable bonds is 6. The van der Waals surface area contributed by atoms with Crippen LogP contribution in [-0.4, -0.2) is 59.9 Å². The Bertz CT molecular complexity index is 799. The van der Waals surface area contributed by atoms with E-state index in [1.165, 1.54) is 0 Å². The summed E-state index contributed by atoms with van der Waals surface area (Å²) in [6.07, 6.45) is 1.77. The molecule has 0 aliphatic carbocycles. The fraction of sp³-hybridized carbons (Fsp3) is 0.474. The molecule has 1 aromatic rings. The summed E-state index contributed by atoms with van der Waals surface area (Å²) < 4.78 is 6.07. The van der Waals surface area contributed by atoms with Gasteiger partial charge in [0.15, 0.2) is 0 Å². The molecule has 8 heteroatoms. The number of hydrogen-bond acceptors (Lipinski definition) is 5. The fourth-order valence-corrected chi connectivity index (χ4v) is 3.86. The third-order valence-electron chi connectivity index (χ3n) is 4.90. The van der Waals surface area contributed by atoms with Gasteiger partial charge in [-0.2, -0.15) is 5.26 Å². The molecule has 2 aliphatic rings. The molecule has 0 radical (unpaired) electrons. The summed E-state index contributed by atoms with van der Waals surface area (Å²) in [5.74, 6) is -0.890. The predicted molar refractivity (Wildman–Crippen MR) is 99.9 cm³/mol. The van der Waals surface area contributed by atoms with Crippen molar-refractivity contribution in [2.75, 3.05) is 26.3 Å². The molecule has 0 bridgehead atoms. The Labute approximate surface area is 166 Å². The number of carbonyl (C=O) groups excluding carboxylic acids is 3. The maximum absolute atomic E-state index is 12.8. The smallest absolute Gasteiger partial charge is 0.261 e. The maximum atomic E-state index is 12.8. The second-order valence-corrected chi connectivity index (χ2v) is 7.46. The largest absolute Gasteiger partial charge is 0.381 e. The predicted octanol–water partition coefficient (Wildman–Crippen LogP) is 2.36. The average Bonchev–Trinajstić information content (AvgIpc) is 2.91. The number of halogens is 1. The number of fused-ring (bicyclic) bond motifs is 1. The third kappa shape index (κ3) is 4.20. The molecule has 1 aromatic carbocycles. The molecule has 0 atom stereocenters. The molecule has 1 fully saturated rings. The van der Waals surface area contributed by atoms with Crippen LogP contribution in [0.25, 0.3) is 0 Å². The summed E-state index contributed by atoms with van der Waals surface area (Å²) in [7, 11) is 0. The van der Waals surface area contributed by atoms with Crippen LogP contribution in [0.5, 0.6) is 0 Å². The lowest BCUT2D eigenvalue weighted by Crippen LogP contribution is -2.45. The van der Waals surface area contributed by atoms with Crippen molar-refractivity contribution in [2.24, 2.45) is 0 Å². The molecular weight excluding hydrogens is 414 g/mol. The van der Waals surface area contributed by atoms with Crippen molar-refractivity contribution in [3.8, 4) is 6.07 Å². The van der Waals surface area contributed by atoms with E-state index in [2.05, 4.69) is 22.0 Å². The molecule has 0 saturated carbocycles. The van der Waals surface area contributed by atoms with Gasteiger partial charge in [-0.3, -0.25) is 19.3 Å². The van der Waals surface area contributed by atoms with Gasteiger partial charge >= 0.3 is 0 Å². The van der Waals surface area contributed by atoms with E-state index in [-0.39, 0.29) is 43.1 Å². The van der Waals surface area contributed by atoms with Gasteiger partial charge < -0.3 is 9.64 Å². The second-order valence-electron chi connectivity index (χ2n) is 6.54. The van der Waals surface area contributed by atoms with E-state index in [0.29, 0.717) is 30.9 Å². The highest BCUT2D eigenvalue weighted by Crippen LogP contribution is 2.26. The van der Waals surface area contributed by atoms with E-state index < -0.39 is 0 Å². The van der Waals surface area contributed by atoms with Crippen LogP contribution in [-0.2, 0) is 9.53 Å². The molecule has 0 unspecified atom stereocenters. The molecule has 0 aromatic heterocycles. The molecule has 142 valence electrons. The van der Waals surface area contributed by atoms with Crippen LogP contribution in [0, 0.1) is 11.3 Å². The topological polar surface area (TPSA) is 90.7 Å². The minimum absolute atomic E-state index is 0.0368. The molecule has 0 N–H and O–H groups in total. The molecule has 27 heavy (non-hydrogen) atoms. The zero-order valence-electron chi connectivity index (χ0n) is 14.8. The number of benzene rings is 1. The van der Waals surface area contributed by atoms with Gasteiger partial charge in [0, 0.05) is 43.2 Å². The summed E-state index contributed by atoms with van der Waals surface area (Å²) >= 11 is 3.30. The number of amides is 3. The first-order chi connectivity index (χ1) is 13.0. The summed E-state index contributed by atoms with van der Waals surface area (Å²) in [5, 5.41) is 8.88. The van der Waals surface area contributed by atoms with Crippen LogP contribution in [0.3, 0.4) is 0 Å². The van der Waals surface area contributed by atoms with Crippen molar-refractivity contribution in [2.45, 2.75) is 31.7 Å². The highest BCUT2D eigenvalue weighted by atomic mass is 79.9. The van der Waals surface area contributed by atoms with E-state index in [4.69, 9.17) is 10.00 Å². The van der Waals surface area contributed by atoms with Gasteiger partial charge in [0.2, 0.25) is 5.91 Å². The van der Waals surface area contributed by atoms with Gasteiger partial charge in [-0.25, -0.2) is 0 Å². The van der Waals surface area contributed by atoms with Crippen molar-refractivity contribution in [1.29, 1.82) is 5.26 Å². The van der Waals surface area contributed by atoms with Gasteiger partial charge in [0.1, 0.15) is 0 Å². The third-order valence-corrected chi connectivity index (χ3v) is 5.39. The van der Waals surface area contributed by atoms with E-state index in [9.17, 15) is 14.4 Å². The number of nitriles is 1. The Hall–Kier alpha value is -2.24. The zero-order valence-corrected chi connectivity index (χ0v) is 16.4. The summed E-state index contributed by atoms with van der Waals surface area (Å²) in [4.78, 5) is 40.6. The highest BCUT2D eigenvalue weighted by Gasteiger charge is 2.36. The van der Waals surface area contributed by atoms with E-state index >= 15 is 0 Å². The van der Waals surface area contributed by atoms with Gasteiger partial charge in [-0.05, 0) is 31.0 Å². The standard InChI is InChI=1S/C19H20BrN3O4/c20-13-2-3-15-16(12-13)19(26)23(18(15)25)9-4-17(24)22(8-1-7-21)14-5-10-27-11-6-14/h2-3,12,14H,1,4-6,8-11H2. The minimum atomic E-state index is -0.376. The first-order valence-electron chi connectivity index (χ1n) is 8.93. The Morgan fingerprint density at radius 2 is 1.96 bits per heavy atom. The van der Waals surface area contributed by atoms with Crippen LogP contribution >= 0.6 is 15.9 Å². The highest BCUT2D eigenvalue weighted by molar-refractivity contribution is 9.10. The summed E-state index contributed by atoms with van der Waals surface area (Å²) in [6.45, 7) is 1.58. The lowest BCUT2D eigenvalue weighted by atomic mass is 10.1. The van der Waals surface area contributed by atoms with Crippen LogP contribution < -0.4 is 0 Å². The van der Waals surface area contributed by atoms with Crippen molar-refractivity contribution in [1.82, 2.24) is 9.80 Å². The Kier molecular flexibility index (Phi) is 6.24. The van der Waals surface area contributed by atoms with Gasteiger partial charge in [0.05, 0.1) is 23.6 Å². The number of ether oxygens (including phenoxy) is 1. The van der Waals surface area contributed by atoms with E-state index in [0.717, 1.165) is 22.2 Å². The lowest BCUT2D eigenvalue weighted by molar-refractivity contribution is -0.135. The molecular formula is C19H20BrN3O4. The van der Waals surface area contributed by atoms with Gasteiger partial charge in [-0.1, -0.05) is 15.9 Å². The average molecular weight is 434 g/mol. The monoisotopic (exact) mass is 433 g/mol. The Morgan fingerprint density at radius 3 is 2.67 bits per heavy atom. The normalized spacial score (nSPS) is 17.0. The first kappa shape index (κ1) is 19.5. The van der Waals surface area contributed by atoms with E-state index in [1.807, 2.05) is 0 Å². The number of carbonyl (C=O) groups is 3. The molecule has 7 nitrogen and oxygen atoms in total. The number of imide groups is 1. The van der Waals surface area contributed by atoms with Crippen LogP contribution in [0.4, 0.5) is 0 Å². The molecule has 2 heterocycles. The maximum Gasteiger partial charge on any atom is 0.261 e. The van der Waals surface area contributed by atoms with E-state index in [1.54, 1.807) is 23.1 Å². The van der Waals surface area contributed by atoms with Crippen molar-refractivity contribution >= 4 is 33.7 Å². The van der Waals surface area contributed by atoms with Gasteiger partial charge in [-0.15, -0.1) is 0 Å². The zero-order chi connectivity index (χ0) is 19.4. The van der Waals surface area contributed by atoms with Crippen molar-refractivity contribution < 1.29 is 19.1 Å². The number of hydrogen-bond donors (Lipinski definition) is 0. The SMILES string of the molecule is N#CCCN(C(=O)CCN1C(=O)c2ccc(Br)cc2C1=O)C1CCOCC1. The molecule has 3 amide bonds. The first-order valence-corrected chi connectivity index (χ1v) is 9.72. The molecule has 1 saturated heterocycles.